The fourth-order valence-electron chi connectivity index (χ4n) is 2.87. The minimum absolute atomic E-state index is 0.524. The lowest BCUT2D eigenvalue weighted by Gasteiger charge is -2.11. The van der Waals surface area contributed by atoms with Gasteiger partial charge in [0.15, 0.2) is 5.58 Å². The number of imidazole rings is 1. The Bertz CT molecular complexity index is 807. The smallest absolute Gasteiger partial charge is 0.295 e. The van der Waals surface area contributed by atoms with Crippen LogP contribution >= 0.6 is 0 Å². The van der Waals surface area contributed by atoms with E-state index in [-0.39, 0.29) is 0 Å². The van der Waals surface area contributed by atoms with Gasteiger partial charge in [-0.15, -0.1) is 6.58 Å². The number of oxazole rings is 1. The Kier molecular flexibility index (Phi) is 3.18. The lowest BCUT2D eigenvalue weighted by Crippen LogP contribution is -2.08. The molecule has 22 heavy (non-hydrogen) atoms. The van der Waals surface area contributed by atoms with Crippen LogP contribution in [0, 0.1) is 0 Å². The summed E-state index contributed by atoms with van der Waals surface area (Å²) in [5.74, 6) is 1.19. The number of anilines is 1. The van der Waals surface area contributed by atoms with Crippen LogP contribution in [0.4, 0.5) is 6.01 Å². The van der Waals surface area contributed by atoms with Gasteiger partial charge in [-0.05, 0) is 31.0 Å². The van der Waals surface area contributed by atoms with Crippen LogP contribution in [-0.4, -0.2) is 21.1 Å². The first kappa shape index (κ1) is 13.1. The van der Waals surface area contributed by atoms with Crippen molar-refractivity contribution < 1.29 is 4.42 Å². The molecule has 0 saturated carbocycles. The molecule has 0 amide bonds. The van der Waals surface area contributed by atoms with Gasteiger partial charge >= 0.3 is 0 Å². The van der Waals surface area contributed by atoms with E-state index in [1.165, 1.54) is 18.7 Å². The lowest BCUT2D eigenvalue weighted by atomic mass is 10.1. The normalized spacial score (nSPS) is 14.0. The monoisotopic (exact) mass is 294 g/mol. The van der Waals surface area contributed by atoms with E-state index in [1.807, 2.05) is 18.2 Å². The molecule has 0 saturated heterocycles. The molecular weight excluding hydrogens is 276 g/mol. The quantitative estimate of drug-likeness (QED) is 0.747. The van der Waals surface area contributed by atoms with Crippen LogP contribution in [0.3, 0.4) is 0 Å². The van der Waals surface area contributed by atoms with Crippen LogP contribution in [0.15, 0.2) is 41.5 Å². The molecule has 4 rings (SSSR count). The zero-order chi connectivity index (χ0) is 14.9. The zero-order valence-electron chi connectivity index (χ0n) is 12.4. The van der Waals surface area contributed by atoms with Gasteiger partial charge in [0, 0.05) is 31.3 Å². The number of aromatic nitrogens is 3. The molecule has 112 valence electrons. The second-order valence-electron chi connectivity index (χ2n) is 5.56. The molecule has 0 atom stereocenters. The number of rotatable bonds is 4. The fraction of sp³-hybridized carbons (Fsp3) is 0.294. The minimum Gasteiger partial charge on any atom is -0.424 e. The summed E-state index contributed by atoms with van der Waals surface area (Å²) in [6.45, 7) is 5.38. The molecule has 1 N–H and O–H groups in total. The summed E-state index contributed by atoms with van der Waals surface area (Å²) in [6, 6.07) is 6.55. The number of hydrogen-bond donors (Lipinski definition) is 1. The van der Waals surface area contributed by atoms with Crippen LogP contribution in [0.25, 0.3) is 22.4 Å². The third kappa shape index (κ3) is 2.28. The Morgan fingerprint density at radius 3 is 3.14 bits per heavy atom. The third-order valence-corrected chi connectivity index (χ3v) is 3.99. The molecule has 0 aliphatic carbocycles. The maximum Gasteiger partial charge on any atom is 0.295 e. The van der Waals surface area contributed by atoms with Crippen molar-refractivity contribution in [3.63, 3.8) is 0 Å². The molecule has 0 bridgehead atoms. The van der Waals surface area contributed by atoms with Crippen LogP contribution in [0.5, 0.6) is 0 Å². The predicted molar refractivity (Wildman–Crippen MR) is 86.9 cm³/mol. The number of nitrogens with one attached hydrogen (secondary N) is 1. The van der Waals surface area contributed by atoms with Crippen molar-refractivity contribution in [2.24, 2.45) is 0 Å². The number of aryl methyl sites for hydroxylation is 2. The maximum atomic E-state index is 5.65. The Balaban J connectivity index is 1.69. The molecule has 0 unspecified atom stereocenters. The van der Waals surface area contributed by atoms with E-state index >= 15 is 0 Å². The van der Waals surface area contributed by atoms with Gasteiger partial charge in [0.05, 0.1) is 5.69 Å². The maximum absolute atomic E-state index is 5.65. The molecular formula is C17H18N4O. The molecule has 5 nitrogen and oxygen atoms in total. The van der Waals surface area contributed by atoms with Crippen molar-refractivity contribution in [2.45, 2.75) is 25.8 Å². The van der Waals surface area contributed by atoms with E-state index in [9.17, 15) is 0 Å². The molecule has 1 aromatic carbocycles. The van der Waals surface area contributed by atoms with Crippen molar-refractivity contribution in [1.29, 1.82) is 0 Å². The molecule has 1 aliphatic heterocycles. The van der Waals surface area contributed by atoms with Gasteiger partial charge in [-0.3, -0.25) is 0 Å². The largest absolute Gasteiger partial charge is 0.424 e. The topological polar surface area (TPSA) is 55.9 Å². The Labute approximate surface area is 128 Å². The van der Waals surface area contributed by atoms with E-state index in [4.69, 9.17) is 9.40 Å². The van der Waals surface area contributed by atoms with Crippen LogP contribution in [-0.2, 0) is 13.0 Å². The molecule has 1 aliphatic rings. The number of hydrogen-bond acceptors (Lipinski definition) is 4. The van der Waals surface area contributed by atoms with Crippen LogP contribution in [0.2, 0.25) is 0 Å². The molecule has 2 aromatic heterocycles. The van der Waals surface area contributed by atoms with Gasteiger partial charge in [0.1, 0.15) is 11.3 Å². The SMILES string of the molecule is C=CCNc1nc2cc(-c3cn4c(n3)CCCC4)ccc2o1. The van der Waals surface area contributed by atoms with Crippen LogP contribution < -0.4 is 5.32 Å². The molecule has 0 radical (unpaired) electrons. The van der Waals surface area contributed by atoms with E-state index in [0.717, 1.165) is 35.3 Å². The lowest BCUT2D eigenvalue weighted by molar-refractivity contribution is 0.522. The number of fused-ring (bicyclic) bond motifs is 2. The summed E-state index contributed by atoms with van der Waals surface area (Å²) in [6.07, 6.45) is 7.46. The first-order chi connectivity index (χ1) is 10.8. The first-order valence-electron chi connectivity index (χ1n) is 7.65. The average molecular weight is 294 g/mol. The molecule has 0 fully saturated rings. The summed E-state index contributed by atoms with van der Waals surface area (Å²) < 4.78 is 7.91. The van der Waals surface area contributed by atoms with Crippen molar-refractivity contribution in [3.8, 4) is 11.3 Å². The van der Waals surface area contributed by atoms with Crippen LogP contribution in [0.1, 0.15) is 18.7 Å². The van der Waals surface area contributed by atoms with Gasteiger partial charge in [0.2, 0.25) is 0 Å². The average Bonchev–Trinajstić information content (AvgIpc) is 3.15. The van der Waals surface area contributed by atoms with Crippen molar-refractivity contribution in [2.75, 3.05) is 11.9 Å². The van der Waals surface area contributed by atoms with Gasteiger partial charge in [0.25, 0.3) is 6.01 Å². The summed E-state index contributed by atoms with van der Waals surface area (Å²) in [5, 5.41) is 3.07. The highest BCUT2D eigenvalue weighted by molar-refractivity contribution is 5.80. The second-order valence-corrected chi connectivity index (χ2v) is 5.56. The molecule has 0 spiro atoms. The third-order valence-electron chi connectivity index (χ3n) is 3.99. The van der Waals surface area contributed by atoms with E-state index in [0.29, 0.717) is 12.6 Å². The summed E-state index contributed by atoms with van der Waals surface area (Å²) in [7, 11) is 0. The first-order valence-corrected chi connectivity index (χ1v) is 7.65. The van der Waals surface area contributed by atoms with Crippen molar-refractivity contribution in [3.05, 3.63) is 42.9 Å². The minimum atomic E-state index is 0.524. The highest BCUT2D eigenvalue weighted by Gasteiger charge is 2.14. The Morgan fingerprint density at radius 1 is 1.32 bits per heavy atom. The van der Waals surface area contributed by atoms with Gasteiger partial charge in [-0.2, -0.15) is 4.98 Å². The van der Waals surface area contributed by atoms with E-state index in [2.05, 4.69) is 27.6 Å². The number of nitrogens with zero attached hydrogens (tertiary/aromatic N) is 3. The van der Waals surface area contributed by atoms with E-state index in [1.54, 1.807) is 6.08 Å². The Hall–Kier alpha value is -2.56. The second kappa shape index (κ2) is 5.33. The zero-order valence-corrected chi connectivity index (χ0v) is 12.4. The van der Waals surface area contributed by atoms with E-state index < -0.39 is 0 Å². The predicted octanol–water partition coefficient (Wildman–Crippen LogP) is 3.63. The highest BCUT2D eigenvalue weighted by Crippen LogP contribution is 2.27. The van der Waals surface area contributed by atoms with Gasteiger partial charge in [-0.25, -0.2) is 4.98 Å². The summed E-state index contributed by atoms with van der Waals surface area (Å²) in [4.78, 5) is 9.22. The van der Waals surface area contributed by atoms with Gasteiger partial charge < -0.3 is 14.3 Å². The molecule has 3 aromatic rings. The summed E-state index contributed by atoms with van der Waals surface area (Å²) in [5.41, 5.74) is 3.72. The molecule has 5 heteroatoms. The summed E-state index contributed by atoms with van der Waals surface area (Å²) >= 11 is 0. The highest BCUT2D eigenvalue weighted by atomic mass is 16.4. The van der Waals surface area contributed by atoms with Crippen molar-refractivity contribution >= 4 is 17.1 Å². The molecule has 3 heterocycles. The van der Waals surface area contributed by atoms with Crippen molar-refractivity contribution in [1.82, 2.24) is 14.5 Å². The fourth-order valence-corrected chi connectivity index (χ4v) is 2.87. The standard InChI is InChI=1S/C17H18N4O/c1-2-8-18-17-20-13-10-12(6-7-15(13)22-17)14-11-21-9-4-3-5-16(21)19-14/h2,6-7,10-11H,1,3-5,8-9H2,(H,18,20). The number of benzene rings is 1. The van der Waals surface area contributed by atoms with Gasteiger partial charge in [-0.1, -0.05) is 6.08 Å². The Morgan fingerprint density at radius 2 is 2.27 bits per heavy atom.